The number of rotatable bonds is 7. The van der Waals surface area contributed by atoms with Crippen molar-refractivity contribution in [3.05, 3.63) is 224 Å². The second-order valence-electron chi connectivity index (χ2n) is 16.6. The van der Waals surface area contributed by atoms with Crippen LogP contribution in [0.25, 0.3) is 128 Å². The Hall–Kier alpha value is -9.00. The van der Waals surface area contributed by atoms with Gasteiger partial charge < -0.3 is 8.98 Å². The van der Waals surface area contributed by atoms with Crippen molar-refractivity contribution < 1.29 is 4.42 Å². The van der Waals surface area contributed by atoms with Crippen LogP contribution >= 0.6 is 0 Å². The van der Waals surface area contributed by atoms with Gasteiger partial charge in [-0.25, -0.2) is 19.9 Å². The predicted octanol–water partition coefficient (Wildman–Crippen LogP) is 15.4. The van der Waals surface area contributed by atoms with Gasteiger partial charge in [-0.3, -0.25) is 0 Å². The van der Waals surface area contributed by atoms with E-state index in [4.69, 9.17) is 24.4 Å². The molecule has 0 unspecified atom stereocenters. The Bertz CT molecular complexity index is 3970. The molecule has 308 valence electrons. The molecule has 0 aliphatic rings. The highest BCUT2D eigenvalue weighted by molar-refractivity contribution is 6.16. The molecule has 0 saturated heterocycles. The van der Waals surface area contributed by atoms with Gasteiger partial charge in [0.2, 0.25) is 5.71 Å². The summed E-state index contributed by atoms with van der Waals surface area (Å²) in [6.45, 7) is 0. The monoisotopic (exact) mass is 843 g/mol. The Kier molecular flexibility index (Phi) is 8.74. The molecule has 0 bridgehead atoms. The Morgan fingerprint density at radius 3 is 1.64 bits per heavy atom. The molecule has 0 N–H and O–H groups in total. The molecule has 13 rings (SSSR count). The number of hydrogen-bond donors (Lipinski definition) is 0. The maximum Gasteiger partial charge on any atom is 0.227 e. The first-order valence-electron chi connectivity index (χ1n) is 22.1. The maximum absolute atomic E-state index is 6.25. The Labute approximate surface area is 379 Å². The fraction of sp³-hybridized carbons (Fsp3) is 0. The summed E-state index contributed by atoms with van der Waals surface area (Å²) in [4.78, 5) is 20.6. The maximum atomic E-state index is 6.25. The van der Waals surface area contributed by atoms with Gasteiger partial charge in [0.1, 0.15) is 11.3 Å². The molecule has 0 fully saturated rings. The van der Waals surface area contributed by atoms with Crippen LogP contribution in [0.15, 0.2) is 229 Å². The molecule has 0 radical (unpaired) electrons. The number of para-hydroxylation sites is 2. The third kappa shape index (κ3) is 6.34. The molecular weight excluding hydrogens is 807 g/mol. The van der Waals surface area contributed by atoms with Gasteiger partial charge in [-0.05, 0) is 81.2 Å². The SMILES string of the molecule is c1ccc(-c2ccc(-c3nc(-c4cc(-n5c6ccccc6c6c(-c7ccc(-c8ccccc8)cc7)cccc65)c5ccccc5c4)nc(-c4ccc5c(n4)oc4ccccc45)n3)cc2)cc1. The Morgan fingerprint density at radius 1 is 0.333 bits per heavy atom. The lowest BCUT2D eigenvalue weighted by molar-refractivity contribution is 0.654. The van der Waals surface area contributed by atoms with Gasteiger partial charge in [-0.1, -0.05) is 182 Å². The lowest BCUT2D eigenvalue weighted by Gasteiger charge is -2.15. The molecule has 0 saturated carbocycles. The van der Waals surface area contributed by atoms with Crippen LogP contribution in [0.2, 0.25) is 0 Å². The van der Waals surface area contributed by atoms with Crippen LogP contribution in [0, 0.1) is 0 Å². The van der Waals surface area contributed by atoms with E-state index in [0.29, 0.717) is 28.9 Å². The first-order valence-corrected chi connectivity index (χ1v) is 22.1. The smallest absolute Gasteiger partial charge is 0.227 e. The second-order valence-corrected chi connectivity index (χ2v) is 16.6. The van der Waals surface area contributed by atoms with Crippen LogP contribution in [0.4, 0.5) is 0 Å². The number of aromatic nitrogens is 5. The molecule has 0 aliphatic carbocycles. The van der Waals surface area contributed by atoms with E-state index in [1.165, 1.54) is 33.0 Å². The van der Waals surface area contributed by atoms with Gasteiger partial charge in [0.25, 0.3) is 0 Å². The van der Waals surface area contributed by atoms with Crippen molar-refractivity contribution in [2.45, 2.75) is 0 Å². The number of benzene rings is 9. The summed E-state index contributed by atoms with van der Waals surface area (Å²) in [6, 6.07) is 78.6. The zero-order valence-corrected chi connectivity index (χ0v) is 35.5. The summed E-state index contributed by atoms with van der Waals surface area (Å²) in [7, 11) is 0. The summed E-state index contributed by atoms with van der Waals surface area (Å²) < 4.78 is 8.65. The third-order valence-electron chi connectivity index (χ3n) is 12.7. The van der Waals surface area contributed by atoms with E-state index in [-0.39, 0.29) is 0 Å². The van der Waals surface area contributed by atoms with Crippen molar-refractivity contribution in [2.24, 2.45) is 0 Å². The number of nitrogens with zero attached hydrogens (tertiary/aromatic N) is 5. The van der Waals surface area contributed by atoms with Crippen molar-refractivity contribution in [3.63, 3.8) is 0 Å². The minimum absolute atomic E-state index is 0.457. The molecule has 66 heavy (non-hydrogen) atoms. The topological polar surface area (TPSA) is 69.6 Å². The van der Waals surface area contributed by atoms with Crippen LogP contribution < -0.4 is 0 Å². The molecule has 13 aromatic rings. The van der Waals surface area contributed by atoms with E-state index >= 15 is 0 Å². The zero-order valence-electron chi connectivity index (χ0n) is 35.5. The van der Waals surface area contributed by atoms with E-state index in [9.17, 15) is 0 Å². The normalized spacial score (nSPS) is 11.6. The number of pyridine rings is 1. The molecule has 0 spiro atoms. The highest BCUT2D eigenvalue weighted by atomic mass is 16.3. The highest BCUT2D eigenvalue weighted by Gasteiger charge is 2.21. The van der Waals surface area contributed by atoms with Crippen molar-refractivity contribution in [3.8, 4) is 73.4 Å². The van der Waals surface area contributed by atoms with Gasteiger partial charge in [0, 0.05) is 38.1 Å². The fourth-order valence-corrected chi connectivity index (χ4v) is 9.52. The van der Waals surface area contributed by atoms with E-state index in [1.807, 2.05) is 36.4 Å². The fourth-order valence-electron chi connectivity index (χ4n) is 9.52. The summed E-state index contributed by atoms with van der Waals surface area (Å²) in [5.41, 5.74) is 13.9. The number of furan rings is 1. The van der Waals surface area contributed by atoms with Crippen LogP contribution in [0.3, 0.4) is 0 Å². The Balaban J connectivity index is 1.00. The van der Waals surface area contributed by atoms with E-state index in [0.717, 1.165) is 66.1 Å². The molecule has 4 heterocycles. The summed E-state index contributed by atoms with van der Waals surface area (Å²) >= 11 is 0. The quantitative estimate of drug-likeness (QED) is 0.160. The zero-order chi connectivity index (χ0) is 43.6. The summed E-state index contributed by atoms with van der Waals surface area (Å²) in [5.74, 6) is 1.55. The first kappa shape index (κ1) is 37.5. The van der Waals surface area contributed by atoms with E-state index < -0.39 is 0 Å². The van der Waals surface area contributed by atoms with Gasteiger partial charge in [-0.2, -0.15) is 0 Å². The molecule has 0 amide bonds. The largest absolute Gasteiger partial charge is 0.438 e. The van der Waals surface area contributed by atoms with Gasteiger partial charge in [-0.15, -0.1) is 0 Å². The standard InChI is InChI=1S/C60H37N5O/c1-3-14-38(15-4-1)40-26-30-42(31-27-40)47-22-13-24-53-56(47)50-21-9-11-23-52(50)65(53)54-37-45(36-44-18-7-8-19-46(44)54)58-62-57(43-32-28-41(29-33-43)39-16-5-2-6-17-39)63-59(64-58)51-35-34-49-48-20-10-12-25-55(48)66-60(49)61-51/h1-37H. The van der Waals surface area contributed by atoms with Crippen LogP contribution in [-0.4, -0.2) is 24.5 Å². The van der Waals surface area contributed by atoms with E-state index in [2.05, 4.69) is 193 Å². The van der Waals surface area contributed by atoms with Crippen molar-refractivity contribution in [1.82, 2.24) is 24.5 Å². The number of hydrogen-bond acceptors (Lipinski definition) is 5. The van der Waals surface area contributed by atoms with Gasteiger partial charge in [0.15, 0.2) is 17.5 Å². The van der Waals surface area contributed by atoms with Crippen LogP contribution in [0.5, 0.6) is 0 Å². The molecule has 0 atom stereocenters. The third-order valence-corrected chi connectivity index (χ3v) is 12.7. The molecule has 6 heteroatoms. The first-order chi connectivity index (χ1) is 32.7. The average Bonchev–Trinajstić information content (AvgIpc) is 3.94. The molecule has 4 aromatic heterocycles. The van der Waals surface area contributed by atoms with Gasteiger partial charge in [0.05, 0.1) is 16.7 Å². The number of fused-ring (bicyclic) bond motifs is 7. The highest BCUT2D eigenvalue weighted by Crippen LogP contribution is 2.42. The average molecular weight is 844 g/mol. The molecule has 9 aromatic carbocycles. The predicted molar refractivity (Wildman–Crippen MR) is 269 cm³/mol. The van der Waals surface area contributed by atoms with Crippen molar-refractivity contribution >= 4 is 54.6 Å². The Morgan fingerprint density at radius 2 is 0.894 bits per heavy atom. The second kappa shape index (κ2) is 15.4. The summed E-state index contributed by atoms with van der Waals surface area (Å²) in [5, 5.41) is 6.53. The van der Waals surface area contributed by atoms with Crippen LogP contribution in [-0.2, 0) is 0 Å². The van der Waals surface area contributed by atoms with Crippen LogP contribution in [0.1, 0.15) is 0 Å². The van der Waals surface area contributed by atoms with E-state index in [1.54, 1.807) is 0 Å². The minimum Gasteiger partial charge on any atom is -0.438 e. The minimum atomic E-state index is 0.457. The molecular formula is C60H37N5O. The molecule has 0 aliphatic heterocycles. The van der Waals surface area contributed by atoms with Crippen molar-refractivity contribution in [1.29, 1.82) is 0 Å². The lowest BCUT2D eigenvalue weighted by atomic mass is 9.97. The summed E-state index contributed by atoms with van der Waals surface area (Å²) in [6.07, 6.45) is 0. The lowest BCUT2D eigenvalue weighted by Crippen LogP contribution is -2.02. The van der Waals surface area contributed by atoms with Gasteiger partial charge >= 0.3 is 0 Å². The molecule has 6 nitrogen and oxygen atoms in total. The van der Waals surface area contributed by atoms with Crippen molar-refractivity contribution in [2.75, 3.05) is 0 Å².